The van der Waals surface area contributed by atoms with E-state index < -0.39 is 0 Å². The van der Waals surface area contributed by atoms with Gasteiger partial charge >= 0.3 is 0 Å². The van der Waals surface area contributed by atoms with Crippen LogP contribution < -0.4 is 0 Å². The van der Waals surface area contributed by atoms with Crippen molar-refractivity contribution in [2.45, 2.75) is 44.9 Å². The van der Waals surface area contributed by atoms with E-state index in [-0.39, 0.29) is 5.41 Å². The zero-order valence-electron chi connectivity index (χ0n) is 14.6. The van der Waals surface area contributed by atoms with E-state index in [0.717, 1.165) is 17.4 Å². The molecule has 0 aliphatic heterocycles. The number of benzene rings is 2. The summed E-state index contributed by atoms with van der Waals surface area (Å²) < 4.78 is 0. The number of allylic oxidation sites excluding steroid dienone is 2. The van der Waals surface area contributed by atoms with E-state index in [1.807, 2.05) is 0 Å². The minimum atomic E-state index is -0.0492. The summed E-state index contributed by atoms with van der Waals surface area (Å²) in [5.41, 5.74) is 5.40. The Bertz CT molecular complexity index is 788. The molecular weight excluding hydrogens is 312 g/mol. The second-order valence-corrected chi connectivity index (χ2v) is 7.97. The van der Waals surface area contributed by atoms with Crippen LogP contribution in [0, 0.1) is 11.8 Å². The van der Waals surface area contributed by atoms with E-state index in [0.29, 0.717) is 5.92 Å². The Balaban J connectivity index is 1.96. The molecule has 2 aliphatic carbocycles. The van der Waals surface area contributed by atoms with Crippen molar-refractivity contribution in [3.8, 4) is 11.1 Å². The maximum atomic E-state index is 6.75. The Labute approximate surface area is 150 Å². The molecule has 0 saturated carbocycles. The van der Waals surface area contributed by atoms with Gasteiger partial charge in [0.2, 0.25) is 0 Å². The van der Waals surface area contributed by atoms with E-state index >= 15 is 0 Å². The molecule has 24 heavy (non-hydrogen) atoms. The summed E-state index contributed by atoms with van der Waals surface area (Å²) in [5, 5.41) is 0.912. The molecule has 0 bridgehead atoms. The molecule has 4 rings (SSSR count). The fourth-order valence-corrected chi connectivity index (χ4v) is 5.16. The average molecular weight is 337 g/mol. The lowest BCUT2D eigenvalue weighted by atomic mass is 9.70. The maximum absolute atomic E-state index is 6.75. The maximum Gasteiger partial charge on any atom is 0.0456 e. The van der Waals surface area contributed by atoms with Crippen LogP contribution in [0.3, 0.4) is 0 Å². The molecule has 2 aromatic carbocycles. The Morgan fingerprint density at radius 1 is 1.08 bits per heavy atom. The van der Waals surface area contributed by atoms with E-state index in [1.54, 1.807) is 0 Å². The van der Waals surface area contributed by atoms with Crippen LogP contribution in [-0.4, -0.2) is 0 Å². The largest absolute Gasteiger partial charge is 0.0845 e. The topological polar surface area (TPSA) is 0 Å². The molecular formula is C23H25Cl. The average Bonchev–Trinajstić information content (AvgIpc) is 2.88. The second kappa shape index (κ2) is 6.08. The fourth-order valence-electron chi connectivity index (χ4n) is 4.81. The molecule has 124 valence electrons. The van der Waals surface area contributed by atoms with Crippen molar-refractivity contribution in [2.24, 2.45) is 11.8 Å². The summed E-state index contributed by atoms with van der Waals surface area (Å²) in [4.78, 5) is 0. The highest BCUT2D eigenvalue weighted by Gasteiger charge is 2.43. The third-order valence-corrected chi connectivity index (χ3v) is 6.41. The summed E-state index contributed by atoms with van der Waals surface area (Å²) in [7, 11) is 0. The second-order valence-electron chi connectivity index (χ2n) is 7.56. The molecule has 3 unspecified atom stereocenters. The first kappa shape index (κ1) is 16.0. The van der Waals surface area contributed by atoms with Gasteiger partial charge in [-0.1, -0.05) is 80.4 Å². The summed E-state index contributed by atoms with van der Waals surface area (Å²) in [6, 6.07) is 15.3. The molecule has 1 spiro atoms. The molecule has 3 atom stereocenters. The number of hydrogen-bond donors (Lipinski definition) is 0. The molecule has 2 aliphatic rings. The van der Waals surface area contributed by atoms with Crippen LogP contribution in [-0.2, 0) is 5.41 Å². The van der Waals surface area contributed by atoms with Gasteiger partial charge in [-0.15, -0.1) is 0 Å². The summed E-state index contributed by atoms with van der Waals surface area (Å²) in [6.07, 6.45) is 9.91. The predicted octanol–water partition coefficient (Wildman–Crippen LogP) is 7.01. The Hall–Kier alpha value is -1.53. The van der Waals surface area contributed by atoms with Gasteiger partial charge in [-0.25, -0.2) is 0 Å². The molecule has 0 saturated heterocycles. The molecule has 0 nitrogen and oxygen atoms in total. The van der Waals surface area contributed by atoms with E-state index in [2.05, 4.69) is 68.5 Å². The number of fused-ring (bicyclic) bond motifs is 5. The smallest absolute Gasteiger partial charge is 0.0456 e. The van der Waals surface area contributed by atoms with Gasteiger partial charge in [0.15, 0.2) is 0 Å². The van der Waals surface area contributed by atoms with Gasteiger partial charge in [-0.2, -0.15) is 0 Å². The number of hydrogen-bond acceptors (Lipinski definition) is 0. The van der Waals surface area contributed by atoms with Gasteiger partial charge < -0.3 is 0 Å². The van der Waals surface area contributed by atoms with Crippen molar-refractivity contribution < 1.29 is 0 Å². The lowest BCUT2D eigenvalue weighted by Crippen LogP contribution is -2.26. The first-order chi connectivity index (χ1) is 11.7. The van der Waals surface area contributed by atoms with Crippen molar-refractivity contribution in [2.75, 3.05) is 0 Å². The normalized spacial score (nSPS) is 29.6. The van der Waals surface area contributed by atoms with Gasteiger partial charge in [0.1, 0.15) is 0 Å². The lowest BCUT2D eigenvalue weighted by Gasteiger charge is -2.34. The van der Waals surface area contributed by atoms with Gasteiger partial charge in [-0.05, 0) is 59.4 Å². The fraction of sp³-hybridized carbons (Fsp3) is 0.391. The zero-order valence-corrected chi connectivity index (χ0v) is 15.3. The minimum absolute atomic E-state index is 0.0492. The van der Waals surface area contributed by atoms with Crippen LogP contribution in [0.1, 0.15) is 50.7 Å². The monoisotopic (exact) mass is 336 g/mol. The van der Waals surface area contributed by atoms with Crippen LogP contribution in [0.2, 0.25) is 5.02 Å². The highest BCUT2D eigenvalue weighted by molar-refractivity contribution is 6.32. The quantitative estimate of drug-likeness (QED) is 0.491. The highest BCUT2D eigenvalue weighted by atomic mass is 35.5. The molecule has 2 aromatic rings. The highest BCUT2D eigenvalue weighted by Crippen LogP contribution is 2.55. The number of halogens is 1. The first-order valence-electron chi connectivity index (χ1n) is 9.24. The van der Waals surface area contributed by atoms with Crippen LogP contribution in [0.15, 0.2) is 54.6 Å². The minimum Gasteiger partial charge on any atom is -0.0845 e. The molecule has 0 radical (unpaired) electrons. The van der Waals surface area contributed by atoms with Crippen LogP contribution in [0.4, 0.5) is 0 Å². The van der Waals surface area contributed by atoms with Gasteiger partial charge in [0.05, 0.1) is 0 Å². The predicted molar refractivity (Wildman–Crippen MR) is 104 cm³/mol. The zero-order chi connectivity index (χ0) is 16.7. The third-order valence-electron chi connectivity index (χ3n) is 6.10. The van der Waals surface area contributed by atoms with Crippen molar-refractivity contribution >= 4 is 11.6 Å². The standard InChI is InChI=1S/C23H25Cl/c1-3-17-12-14-23(13-11-16(2)15-17)20-9-5-4-7-18(20)19-8-6-10-21(24)22(19)23/h4-11,13,16-17H,3,12,14-15H2,1-2H3/b13-11+. The Morgan fingerprint density at radius 2 is 1.88 bits per heavy atom. The van der Waals surface area contributed by atoms with Crippen LogP contribution >= 0.6 is 11.6 Å². The van der Waals surface area contributed by atoms with Crippen molar-refractivity contribution in [1.29, 1.82) is 0 Å². The van der Waals surface area contributed by atoms with Gasteiger partial charge in [-0.3, -0.25) is 0 Å². The third kappa shape index (κ3) is 2.35. The molecule has 0 heterocycles. The van der Waals surface area contributed by atoms with Crippen LogP contribution in [0.5, 0.6) is 0 Å². The SMILES string of the molecule is CCC1CCC2(/C=C/C(C)C1)c1ccccc1-c1cccc(Cl)c12. The molecule has 1 heteroatoms. The molecule has 0 amide bonds. The Morgan fingerprint density at radius 3 is 2.71 bits per heavy atom. The lowest BCUT2D eigenvalue weighted by molar-refractivity contribution is 0.350. The number of rotatable bonds is 1. The molecule has 0 fully saturated rings. The summed E-state index contributed by atoms with van der Waals surface area (Å²) >= 11 is 6.75. The summed E-state index contributed by atoms with van der Waals surface area (Å²) in [6.45, 7) is 4.69. The first-order valence-corrected chi connectivity index (χ1v) is 9.61. The van der Waals surface area contributed by atoms with Gasteiger partial charge in [0, 0.05) is 10.4 Å². The van der Waals surface area contributed by atoms with Crippen molar-refractivity contribution in [1.82, 2.24) is 0 Å². The molecule has 0 N–H and O–H groups in total. The van der Waals surface area contributed by atoms with E-state index in [9.17, 15) is 0 Å². The van der Waals surface area contributed by atoms with Crippen molar-refractivity contribution in [3.63, 3.8) is 0 Å². The Kier molecular flexibility index (Phi) is 4.04. The molecule has 0 aromatic heterocycles. The van der Waals surface area contributed by atoms with Gasteiger partial charge in [0.25, 0.3) is 0 Å². The van der Waals surface area contributed by atoms with E-state index in [1.165, 1.54) is 41.5 Å². The summed E-state index contributed by atoms with van der Waals surface area (Å²) in [5.74, 6) is 1.44. The van der Waals surface area contributed by atoms with Crippen molar-refractivity contribution in [3.05, 3.63) is 70.8 Å². The van der Waals surface area contributed by atoms with Crippen LogP contribution in [0.25, 0.3) is 11.1 Å². The van der Waals surface area contributed by atoms with E-state index in [4.69, 9.17) is 11.6 Å².